The first-order valence-corrected chi connectivity index (χ1v) is 13.2. The van der Waals surface area contributed by atoms with Crippen LogP contribution in [0.4, 0.5) is 13.2 Å². The van der Waals surface area contributed by atoms with Crippen LogP contribution in [0.25, 0.3) is 33.6 Å². The number of aryl methyl sites for hydroxylation is 2. The SMILES string of the molecule is C=CCCCn1c(-c2nc3cc(C(=O)OC)c(F)cc3n2C)cc2ccc([C@@H](C)NC(=O)C3C(C=C)C3(F)F)nc21. The zero-order chi connectivity index (χ0) is 29.6. The van der Waals surface area contributed by atoms with Gasteiger partial charge in [-0.3, -0.25) is 4.79 Å². The van der Waals surface area contributed by atoms with E-state index in [9.17, 15) is 22.8 Å². The van der Waals surface area contributed by atoms with Crippen LogP contribution in [-0.2, 0) is 23.1 Å². The molecule has 3 aromatic heterocycles. The third-order valence-corrected chi connectivity index (χ3v) is 7.61. The number of imidazole rings is 1. The number of halogens is 3. The maximum absolute atomic E-state index is 14.7. The molecule has 11 heteroatoms. The molecule has 1 aromatic carbocycles. The van der Waals surface area contributed by atoms with Crippen LogP contribution in [0.1, 0.15) is 41.9 Å². The molecule has 3 atom stereocenters. The van der Waals surface area contributed by atoms with E-state index in [2.05, 4.69) is 18.5 Å². The molecule has 1 fully saturated rings. The number of amides is 1. The van der Waals surface area contributed by atoms with Crippen LogP contribution in [0.15, 0.2) is 55.6 Å². The van der Waals surface area contributed by atoms with Crippen molar-refractivity contribution in [3.63, 3.8) is 0 Å². The average molecular weight is 566 g/mol. The van der Waals surface area contributed by atoms with Crippen LogP contribution in [0.3, 0.4) is 0 Å². The Labute approximate surface area is 234 Å². The molecule has 3 heterocycles. The minimum Gasteiger partial charge on any atom is -0.465 e. The number of hydrogen-bond acceptors (Lipinski definition) is 5. The predicted molar refractivity (Wildman–Crippen MR) is 149 cm³/mol. The quantitative estimate of drug-likeness (QED) is 0.151. The van der Waals surface area contributed by atoms with Gasteiger partial charge in [0.05, 0.1) is 47.1 Å². The van der Waals surface area contributed by atoms with Gasteiger partial charge in [-0.15, -0.1) is 13.2 Å². The molecule has 0 aliphatic heterocycles. The van der Waals surface area contributed by atoms with Crippen molar-refractivity contribution in [2.45, 2.75) is 38.3 Å². The van der Waals surface area contributed by atoms with Crippen molar-refractivity contribution in [3.05, 3.63) is 72.7 Å². The van der Waals surface area contributed by atoms with E-state index in [0.29, 0.717) is 34.7 Å². The number of allylic oxidation sites excluding steroid dienone is 2. The van der Waals surface area contributed by atoms with Crippen molar-refractivity contribution in [1.82, 2.24) is 24.4 Å². The second kappa shape index (κ2) is 10.5. The topological polar surface area (TPSA) is 91.0 Å². The Kier molecular flexibility index (Phi) is 7.23. The van der Waals surface area contributed by atoms with Crippen LogP contribution < -0.4 is 5.32 Å². The molecule has 8 nitrogen and oxygen atoms in total. The number of aromatic nitrogens is 4. The van der Waals surface area contributed by atoms with E-state index < -0.39 is 41.5 Å². The Balaban J connectivity index is 1.55. The van der Waals surface area contributed by atoms with Crippen LogP contribution >= 0.6 is 0 Å². The predicted octanol–water partition coefficient (Wildman–Crippen LogP) is 5.73. The Morgan fingerprint density at radius 2 is 1.98 bits per heavy atom. The van der Waals surface area contributed by atoms with E-state index in [1.54, 1.807) is 24.6 Å². The number of benzene rings is 1. The van der Waals surface area contributed by atoms with Gasteiger partial charge >= 0.3 is 5.97 Å². The molecule has 0 saturated heterocycles. The fourth-order valence-corrected chi connectivity index (χ4v) is 5.26. The number of rotatable bonds is 10. The molecule has 0 spiro atoms. The molecule has 1 aliphatic rings. The Morgan fingerprint density at radius 1 is 1.22 bits per heavy atom. The normalized spacial score (nSPS) is 18.3. The van der Waals surface area contributed by atoms with Gasteiger partial charge in [-0.1, -0.05) is 12.2 Å². The number of esters is 1. The van der Waals surface area contributed by atoms with Gasteiger partial charge in [0.25, 0.3) is 5.92 Å². The fourth-order valence-electron chi connectivity index (χ4n) is 5.26. The van der Waals surface area contributed by atoms with Crippen molar-refractivity contribution >= 4 is 33.9 Å². The highest BCUT2D eigenvalue weighted by Crippen LogP contribution is 2.56. The molecule has 1 N–H and O–H groups in total. The van der Waals surface area contributed by atoms with E-state index in [1.807, 2.05) is 22.8 Å². The van der Waals surface area contributed by atoms with Crippen LogP contribution in [0.5, 0.6) is 0 Å². The van der Waals surface area contributed by atoms with Crippen LogP contribution in [-0.4, -0.2) is 44.0 Å². The zero-order valence-corrected chi connectivity index (χ0v) is 23.0. The number of carbonyl (C=O) groups is 2. The van der Waals surface area contributed by atoms with Gasteiger partial charge in [0.15, 0.2) is 5.82 Å². The maximum Gasteiger partial charge on any atom is 0.340 e. The molecular formula is C30H30F3N5O3. The average Bonchev–Trinajstić information content (AvgIpc) is 3.17. The number of unbranched alkanes of at least 4 members (excludes halogenated alkanes) is 1. The Morgan fingerprint density at radius 3 is 2.63 bits per heavy atom. The molecule has 0 bridgehead atoms. The summed E-state index contributed by atoms with van der Waals surface area (Å²) in [6.07, 6.45) is 4.44. The summed E-state index contributed by atoms with van der Waals surface area (Å²) in [5, 5.41) is 3.46. The first-order chi connectivity index (χ1) is 19.5. The fraction of sp³-hybridized carbons (Fsp3) is 0.333. The van der Waals surface area contributed by atoms with E-state index in [4.69, 9.17) is 14.7 Å². The Bertz CT molecular complexity index is 1710. The first-order valence-electron chi connectivity index (χ1n) is 13.2. The van der Waals surface area contributed by atoms with E-state index in [-0.39, 0.29) is 5.56 Å². The van der Waals surface area contributed by atoms with Gasteiger partial charge in [-0.2, -0.15) is 0 Å². The minimum absolute atomic E-state index is 0.207. The second-order valence-electron chi connectivity index (χ2n) is 10.2. The second-order valence-corrected chi connectivity index (χ2v) is 10.2. The largest absolute Gasteiger partial charge is 0.465 e. The van der Waals surface area contributed by atoms with Crippen molar-refractivity contribution in [2.75, 3.05) is 7.11 Å². The number of pyridine rings is 1. The highest BCUT2D eigenvalue weighted by Gasteiger charge is 2.70. The van der Waals surface area contributed by atoms with Gasteiger partial charge in [0, 0.05) is 25.0 Å². The third kappa shape index (κ3) is 4.79. The van der Waals surface area contributed by atoms with Gasteiger partial charge in [-0.25, -0.2) is 27.9 Å². The van der Waals surface area contributed by atoms with Crippen molar-refractivity contribution in [1.29, 1.82) is 0 Å². The number of alkyl halides is 2. The van der Waals surface area contributed by atoms with E-state index >= 15 is 0 Å². The number of nitrogens with one attached hydrogen (secondary N) is 1. The minimum atomic E-state index is -3.09. The standard InChI is InChI=1S/C30H30F3N5O3/c1-6-8-9-12-38-24(27-36-22-14-18(29(40)41-5)20(31)15-23(22)37(27)4)13-17-10-11-21(35-26(17)38)16(3)34-28(39)25-19(7-2)30(25,32)33/h6-7,10-11,13-16,19,25H,1-2,8-9,12H2,3-5H3,(H,34,39)/t16-,19?,25?/m1/s1. The number of nitrogens with zero attached hydrogens (tertiary/aromatic N) is 4. The summed E-state index contributed by atoms with van der Waals surface area (Å²) in [4.78, 5) is 34.1. The van der Waals surface area contributed by atoms with Crippen LogP contribution in [0, 0.1) is 17.7 Å². The molecule has 214 valence electrons. The third-order valence-electron chi connectivity index (χ3n) is 7.61. The van der Waals surface area contributed by atoms with Gasteiger partial charge in [-0.05, 0) is 44.0 Å². The molecule has 1 saturated carbocycles. The van der Waals surface area contributed by atoms with E-state index in [0.717, 1.165) is 30.0 Å². The van der Waals surface area contributed by atoms with Gasteiger partial charge in [0.1, 0.15) is 17.4 Å². The lowest BCUT2D eigenvalue weighted by Crippen LogP contribution is -2.30. The summed E-state index contributed by atoms with van der Waals surface area (Å²) in [6.45, 7) is 9.45. The monoisotopic (exact) mass is 565 g/mol. The molecule has 0 radical (unpaired) electrons. The number of methoxy groups -OCH3 is 1. The van der Waals surface area contributed by atoms with Crippen molar-refractivity contribution in [3.8, 4) is 11.5 Å². The summed E-state index contributed by atoms with van der Waals surface area (Å²) >= 11 is 0. The Hall–Kier alpha value is -4.41. The molecule has 2 unspecified atom stereocenters. The molecular weight excluding hydrogens is 535 g/mol. The summed E-state index contributed by atoms with van der Waals surface area (Å²) in [5.74, 6) is -7.40. The lowest BCUT2D eigenvalue weighted by atomic mass is 10.2. The highest BCUT2D eigenvalue weighted by molar-refractivity contribution is 5.95. The number of fused-ring (bicyclic) bond motifs is 2. The summed E-state index contributed by atoms with van der Waals surface area (Å²) in [5.41, 5.74) is 2.56. The van der Waals surface area contributed by atoms with Crippen molar-refractivity contribution < 1.29 is 27.5 Å². The molecule has 1 amide bonds. The summed E-state index contributed by atoms with van der Waals surface area (Å²) in [6, 6.07) is 7.51. The summed E-state index contributed by atoms with van der Waals surface area (Å²) in [7, 11) is 2.94. The summed E-state index contributed by atoms with van der Waals surface area (Å²) < 4.78 is 51.0. The van der Waals surface area contributed by atoms with Gasteiger partial charge < -0.3 is 19.2 Å². The lowest BCUT2D eigenvalue weighted by Gasteiger charge is -2.15. The van der Waals surface area contributed by atoms with Gasteiger partial charge in [0.2, 0.25) is 5.91 Å². The maximum atomic E-state index is 14.7. The molecule has 1 aliphatic carbocycles. The number of carbonyl (C=O) groups excluding carboxylic acids is 2. The number of ether oxygens (including phenoxy) is 1. The van der Waals surface area contributed by atoms with Crippen LogP contribution in [0.2, 0.25) is 0 Å². The molecule has 5 rings (SSSR count). The lowest BCUT2D eigenvalue weighted by molar-refractivity contribution is -0.125. The first kappa shape index (κ1) is 28.1. The number of hydrogen-bond donors (Lipinski definition) is 1. The molecule has 41 heavy (non-hydrogen) atoms. The smallest absolute Gasteiger partial charge is 0.340 e. The highest BCUT2D eigenvalue weighted by atomic mass is 19.3. The molecule has 4 aromatic rings. The van der Waals surface area contributed by atoms with Crippen molar-refractivity contribution in [2.24, 2.45) is 18.9 Å². The zero-order valence-electron chi connectivity index (χ0n) is 23.0. The van der Waals surface area contributed by atoms with E-state index in [1.165, 1.54) is 19.2 Å².